The largest absolute Gasteiger partial charge is 0.354 e. The number of rotatable bonds is 4. The summed E-state index contributed by atoms with van der Waals surface area (Å²) in [5.74, 6) is 1.16. The van der Waals surface area contributed by atoms with Crippen molar-refractivity contribution >= 4 is 30.1 Å². The van der Waals surface area contributed by atoms with Crippen LogP contribution in [0.4, 0.5) is 0 Å². The Labute approximate surface area is 109 Å². The third-order valence-corrected chi connectivity index (χ3v) is 3.59. The zero-order chi connectivity index (χ0) is 11.3. The lowest BCUT2D eigenvalue weighted by Gasteiger charge is -2.18. The number of hydrogen-bond donors (Lipinski definition) is 2. The number of nitrogens with one attached hydrogen (secondary N) is 2. The van der Waals surface area contributed by atoms with E-state index >= 15 is 0 Å². The lowest BCUT2D eigenvalue weighted by atomic mass is 10.2. The van der Waals surface area contributed by atoms with Gasteiger partial charge in [0.15, 0.2) is 0 Å². The van der Waals surface area contributed by atoms with Gasteiger partial charge in [0.05, 0.1) is 6.04 Å². The molecule has 96 valence electrons. The molecule has 5 heteroatoms. The topological polar surface area (TPSA) is 41.1 Å². The molecule has 1 amide bonds. The summed E-state index contributed by atoms with van der Waals surface area (Å²) < 4.78 is 0.288. The van der Waals surface area contributed by atoms with Gasteiger partial charge < -0.3 is 10.6 Å². The minimum Gasteiger partial charge on any atom is -0.354 e. The average Bonchev–Trinajstić information content (AvgIpc) is 2.63. The smallest absolute Gasteiger partial charge is 0.237 e. The van der Waals surface area contributed by atoms with Crippen LogP contribution in [0.5, 0.6) is 0 Å². The Morgan fingerprint density at radius 1 is 1.50 bits per heavy atom. The van der Waals surface area contributed by atoms with Gasteiger partial charge in [-0.3, -0.25) is 4.79 Å². The van der Waals surface area contributed by atoms with E-state index in [1.165, 1.54) is 0 Å². The fraction of sp³-hybridized carbons (Fsp3) is 0.909. The summed E-state index contributed by atoms with van der Waals surface area (Å²) in [7, 11) is 0. The van der Waals surface area contributed by atoms with Gasteiger partial charge in [-0.05, 0) is 19.4 Å². The first-order chi connectivity index (χ1) is 6.99. The zero-order valence-electron chi connectivity index (χ0n) is 10.3. The maximum Gasteiger partial charge on any atom is 0.237 e. The molecule has 16 heavy (non-hydrogen) atoms. The molecule has 0 unspecified atom stereocenters. The predicted octanol–water partition coefficient (Wildman–Crippen LogP) is 1.81. The maximum atomic E-state index is 11.6. The first kappa shape index (κ1) is 16.1. The second kappa shape index (κ2) is 7.41. The molecule has 0 bridgehead atoms. The fourth-order valence-electron chi connectivity index (χ4n) is 1.56. The number of thioether (sulfide) groups is 1. The summed E-state index contributed by atoms with van der Waals surface area (Å²) in [5.41, 5.74) is 0. The molecule has 1 heterocycles. The van der Waals surface area contributed by atoms with Crippen LogP contribution >= 0.6 is 24.2 Å². The highest BCUT2D eigenvalue weighted by atomic mass is 35.5. The van der Waals surface area contributed by atoms with Crippen molar-refractivity contribution in [1.29, 1.82) is 0 Å². The highest BCUT2D eigenvalue weighted by Gasteiger charge is 2.21. The van der Waals surface area contributed by atoms with Gasteiger partial charge in [0.1, 0.15) is 0 Å². The average molecular weight is 267 g/mol. The molecule has 0 radical (unpaired) electrons. The Morgan fingerprint density at radius 3 is 2.69 bits per heavy atom. The quantitative estimate of drug-likeness (QED) is 0.763. The van der Waals surface area contributed by atoms with Crippen molar-refractivity contribution < 1.29 is 4.79 Å². The molecule has 1 atom stereocenters. The normalized spacial score (nSPS) is 20.3. The first-order valence-corrected chi connectivity index (χ1v) is 6.63. The van der Waals surface area contributed by atoms with Gasteiger partial charge in [-0.1, -0.05) is 20.8 Å². The molecule has 2 N–H and O–H groups in total. The Morgan fingerprint density at radius 2 is 2.19 bits per heavy atom. The van der Waals surface area contributed by atoms with E-state index < -0.39 is 0 Å². The third kappa shape index (κ3) is 6.61. The highest BCUT2D eigenvalue weighted by molar-refractivity contribution is 8.00. The molecule has 1 aliphatic rings. The lowest BCUT2D eigenvalue weighted by molar-refractivity contribution is -0.122. The van der Waals surface area contributed by atoms with E-state index in [1.54, 1.807) is 0 Å². The van der Waals surface area contributed by atoms with E-state index in [0.717, 1.165) is 31.7 Å². The van der Waals surface area contributed by atoms with E-state index in [4.69, 9.17) is 0 Å². The fourth-order valence-corrected chi connectivity index (χ4v) is 2.38. The molecule has 0 saturated carbocycles. The molecule has 0 aromatic heterocycles. The molecule has 0 aromatic carbocycles. The van der Waals surface area contributed by atoms with E-state index in [1.807, 2.05) is 11.8 Å². The minimum atomic E-state index is 0. The summed E-state index contributed by atoms with van der Waals surface area (Å²) in [6.07, 6.45) is 2.10. The second-order valence-electron chi connectivity index (χ2n) is 4.90. The Kier molecular flexibility index (Phi) is 7.44. The summed E-state index contributed by atoms with van der Waals surface area (Å²) in [5, 5.41) is 6.17. The Balaban J connectivity index is 0.00000225. The molecule has 0 aliphatic carbocycles. The van der Waals surface area contributed by atoms with Gasteiger partial charge in [0.2, 0.25) is 5.91 Å². The van der Waals surface area contributed by atoms with Crippen LogP contribution in [0.25, 0.3) is 0 Å². The van der Waals surface area contributed by atoms with E-state index in [0.29, 0.717) is 0 Å². The van der Waals surface area contributed by atoms with Crippen molar-refractivity contribution in [2.45, 2.75) is 44.4 Å². The van der Waals surface area contributed by atoms with Crippen molar-refractivity contribution in [3.05, 3.63) is 0 Å². The monoisotopic (exact) mass is 266 g/mol. The number of hydrogen-bond acceptors (Lipinski definition) is 3. The molecule has 1 rings (SSSR count). The SMILES string of the molecule is CC(C)(C)SCCNC(=O)[C@@H]1CCCN1.Cl. The van der Waals surface area contributed by atoms with Gasteiger partial charge in [0.25, 0.3) is 0 Å². The zero-order valence-corrected chi connectivity index (χ0v) is 12.0. The first-order valence-electron chi connectivity index (χ1n) is 5.64. The van der Waals surface area contributed by atoms with Crippen LogP contribution in [0.15, 0.2) is 0 Å². The van der Waals surface area contributed by atoms with Crippen molar-refractivity contribution in [3.8, 4) is 0 Å². The summed E-state index contributed by atoms with van der Waals surface area (Å²) in [6, 6.07) is 0.0598. The van der Waals surface area contributed by atoms with Crippen molar-refractivity contribution in [1.82, 2.24) is 10.6 Å². The predicted molar refractivity (Wildman–Crippen MR) is 73.5 cm³/mol. The van der Waals surface area contributed by atoms with Crippen molar-refractivity contribution in [3.63, 3.8) is 0 Å². The number of carbonyl (C=O) groups is 1. The lowest BCUT2D eigenvalue weighted by Crippen LogP contribution is -2.41. The summed E-state index contributed by atoms with van der Waals surface area (Å²) >= 11 is 1.88. The Hall–Kier alpha value is 0.0700. The third-order valence-electron chi connectivity index (χ3n) is 2.31. The van der Waals surface area contributed by atoms with Crippen LogP contribution in [0, 0.1) is 0 Å². The van der Waals surface area contributed by atoms with Gasteiger partial charge in [-0.15, -0.1) is 12.4 Å². The van der Waals surface area contributed by atoms with Gasteiger partial charge in [0, 0.05) is 17.0 Å². The second-order valence-corrected chi connectivity index (χ2v) is 6.82. The van der Waals surface area contributed by atoms with E-state index in [9.17, 15) is 4.79 Å². The standard InChI is InChI=1S/C11H22N2OS.ClH/c1-11(2,3)15-8-7-13-10(14)9-5-4-6-12-9;/h9,12H,4-8H2,1-3H3,(H,13,14);1H/t9-;/m0./s1. The van der Waals surface area contributed by atoms with Gasteiger partial charge >= 0.3 is 0 Å². The molecular weight excluding hydrogens is 244 g/mol. The van der Waals surface area contributed by atoms with Crippen LogP contribution in [0.1, 0.15) is 33.6 Å². The van der Waals surface area contributed by atoms with Crippen molar-refractivity contribution in [2.75, 3.05) is 18.8 Å². The Bertz CT molecular complexity index is 213. The van der Waals surface area contributed by atoms with Crippen LogP contribution in [-0.2, 0) is 4.79 Å². The summed E-state index contributed by atoms with van der Waals surface area (Å²) in [6.45, 7) is 8.34. The van der Waals surface area contributed by atoms with Gasteiger partial charge in [-0.2, -0.15) is 11.8 Å². The highest BCUT2D eigenvalue weighted by Crippen LogP contribution is 2.22. The van der Waals surface area contributed by atoms with Crippen molar-refractivity contribution in [2.24, 2.45) is 0 Å². The van der Waals surface area contributed by atoms with Crippen LogP contribution < -0.4 is 10.6 Å². The summed E-state index contributed by atoms with van der Waals surface area (Å²) in [4.78, 5) is 11.6. The molecule has 1 fully saturated rings. The number of carbonyl (C=O) groups excluding carboxylic acids is 1. The molecule has 3 nitrogen and oxygen atoms in total. The molecular formula is C11H23ClN2OS. The molecule has 0 spiro atoms. The maximum absolute atomic E-state index is 11.6. The van der Waals surface area contributed by atoms with Crippen LogP contribution in [0.3, 0.4) is 0 Å². The van der Waals surface area contributed by atoms with E-state index in [2.05, 4.69) is 31.4 Å². The molecule has 1 aliphatic heterocycles. The van der Waals surface area contributed by atoms with Crippen LogP contribution in [0.2, 0.25) is 0 Å². The molecule has 1 saturated heterocycles. The number of halogens is 1. The van der Waals surface area contributed by atoms with E-state index in [-0.39, 0.29) is 29.1 Å². The van der Waals surface area contributed by atoms with Crippen LogP contribution in [-0.4, -0.2) is 35.5 Å². The van der Waals surface area contributed by atoms with Gasteiger partial charge in [-0.25, -0.2) is 0 Å². The number of amides is 1. The minimum absolute atomic E-state index is 0. The molecule has 0 aromatic rings.